The molecule has 0 saturated carbocycles. The van der Waals surface area contributed by atoms with Crippen LogP contribution in [0, 0.1) is 6.92 Å². The number of hydrogen-bond acceptors (Lipinski definition) is 7. The van der Waals surface area contributed by atoms with Gasteiger partial charge in [-0.1, -0.05) is 47.1 Å². The Bertz CT molecular complexity index is 1200. The van der Waals surface area contributed by atoms with Crippen molar-refractivity contribution in [2.75, 3.05) is 32.4 Å². The van der Waals surface area contributed by atoms with Gasteiger partial charge in [0.05, 0.1) is 12.3 Å². The smallest absolute Gasteiger partial charge is 0.253 e. The standard InChI is InChI=1S/C23H26N4O4S/c1-17-6-8-19(9-7-17)22-24-21(31-25-22)15-26-10-12-27(13-11-26)23(28)20-5-3-4-18(14-20)16-32(2,29)30/h3-9,14H,10-13,15-16H2,1-2H3. The highest BCUT2D eigenvalue weighted by atomic mass is 32.2. The van der Waals surface area contributed by atoms with Crippen molar-refractivity contribution in [2.45, 2.75) is 19.2 Å². The molecule has 168 valence electrons. The normalized spacial score (nSPS) is 15.1. The molecule has 1 amide bonds. The van der Waals surface area contributed by atoms with Crippen LogP contribution in [-0.2, 0) is 22.1 Å². The topological polar surface area (TPSA) is 96.6 Å². The molecule has 32 heavy (non-hydrogen) atoms. The van der Waals surface area contributed by atoms with Gasteiger partial charge in [0.15, 0.2) is 9.84 Å². The van der Waals surface area contributed by atoms with Crippen molar-refractivity contribution in [1.29, 1.82) is 0 Å². The van der Waals surface area contributed by atoms with Gasteiger partial charge < -0.3 is 9.42 Å². The zero-order valence-electron chi connectivity index (χ0n) is 18.2. The molecule has 0 bridgehead atoms. The number of amides is 1. The summed E-state index contributed by atoms with van der Waals surface area (Å²) in [5.74, 6) is 0.965. The van der Waals surface area contributed by atoms with Crippen LogP contribution in [0.1, 0.15) is 27.4 Å². The van der Waals surface area contributed by atoms with Gasteiger partial charge in [0.1, 0.15) is 0 Å². The van der Waals surface area contributed by atoms with E-state index in [1.165, 1.54) is 11.8 Å². The summed E-state index contributed by atoms with van der Waals surface area (Å²) in [4.78, 5) is 21.3. The highest BCUT2D eigenvalue weighted by Crippen LogP contribution is 2.18. The molecule has 9 heteroatoms. The van der Waals surface area contributed by atoms with E-state index < -0.39 is 9.84 Å². The summed E-state index contributed by atoms with van der Waals surface area (Å²) in [5.41, 5.74) is 3.23. The zero-order chi connectivity index (χ0) is 22.7. The van der Waals surface area contributed by atoms with Crippen LogP contribution in [0.5, 0.6) is 0 Å². The lowest BCUT2D eigenvalue weighted by atomic mass is 10.1. The van der Waals surface area contributed by atoms with E-state index in [1.54, 1.807) is 29.2 Å². The Morgan fingerprint density at radius 3 is 2.47 bits per heavy atom. The Balaban J connectivity index is 1.33. The van der Waals surface area contributed by atoms with E-state index in [9.17, 15) is 13.2 Å². The minimum Gasteiger partial charge on any atom is -0.338 e. The van der Waals surface area contributed by atoms with Crippen LogP contribution in [-0.4, -0.2) is 66.7 Å². The molecule has 1 fully saturated rings. The molecule has 1 aliphatic heterocycles. The van der Waals surface area contributed by atoms with Gasteiger partial charge in [-0.25, -0.2) is 8.42 Å². The fraction of sp³-hybridized carbons (Fsp3) is 0.348. The molecule has 0 spiro atoms. The van der Waals surface area contributed by atoms with Crippen molar-refractivity contribution in [2.24, 2.45) is 0 Å². The van der Waals surface area contributed by atoms with Crippen LogP contribution >= 0.6 is 0 Å². The van der Waals surface area contributed by atoms with E-state index in [4.69, 9.17) is 4.52 Å². The number of carbonyl (C=O) groups is 1. The molecule has 1 aliphatic rings. The number of piperazine rings is 1. The first kappa shape index (κ1) is 22.2. The Morgan fingerprint density at radius 2 is 1.78 bits per heavy atom. The summed E-state index contributed by atoms with van der Waals surface area (Å²) in [6.07, 6.45) is 1.19. The van der Waals surface area contributed by atoms with Crippen LogP contribution in [0.3, 0.4) is 0 Å². The van der Waals surface area contributed by atoms with Crippen molar-refractivity contribution in [3.8, 4) is 11.4 Å². The number of sulfone groups is 1. The largest absolute Gasteiger partial charge is 0.338 e. The van der Waals surface area contributed by atoms with Gasteiger partial charge in [0.2, 0.25) is 11.7 Å². The van der Waals surface area contributed by atoms with Crippen LogP contribution in [0.2, 0.25) is 0 Å². The van der Waals surface area contributed by atoms with Crippen molar-refractivity contribution < 1.29 is 17.7 Å². The van der Waals surface area contributed by atoms with E-state index in [0.29, 0.717) is 55.6 Å². The second-order valence-corrected chi connectivity index (χ2v) is 10.4. The van der Waals surface area contributed by atoms with Gasteiger partial charge in [0.25, 0.3) is 5.91 Å². The average molecular weight is 455 g/mol. The number of rotatable bonds is 6. The first-order chi connectivity index (χ1) is 15.3. The minimum atomic E-state index is -3.15. The molecule has 4 rings (SSSR count). The monoisotopic (exact) mass is 454 g/mol. The summed E-state index contributed by atoms with van der Waals surface area (Å²) < 4.78 is 28.5. The van der Waals surface area contributed by atoms with Crippen LogP contribution in [0.4, 0.5) is 0 Å². The highest BCUT2D eigenvalue weighted by Gasteiger charge is 2.24. The molecule has 0 radical (unpaired) electrons. The van der Waals surface area contributed by atoms with Crippen LogP contribution in [0.25, 0.3) is 11.4 Å². The third-order valence-corrected chi connectivity index (χ3v) is 6.26. The third-order valence-electron chi connectivity index (χ3n) is 5.40. The van der Waals surface area contributed by atoms with E-state index in [-0.39, 0.29) is 11.7 Å². The molecule has 2 heterocycles. The van der Waals surface area contributed by atoms with Gasteiger partial charge in [-0.2, -0.15) is 4.98 Å². The van der Waals surface area contributed by atoms with Gasteiger partial charge in [-0.3, -0.25) is 9.69 Å². The maximum Gasteiger partial charge on any atom is 0.253 e. The van der Waals surface area contributed by atoms with Crippen LogP contribution in [0.15, 0.2) is 53.1 Å². The molecule has 0 unspecified atom stereocenters. The first-order valence-corrected chi connectivity index (χ1v) is 12.5. The molecule has 0 atom stereocenters. The molecule has 8 nitrogen and oxygen atoms in total. The average Bonchev–Trinajstić information content (AvgIpc) is 3.22. The molecule has 0 N–H and O–H groups in total. The summed E-state index contributed by atoms with van der Waals surface area (Å²) in [6.45, 7) is 5.10. The molecule has 2 aromatic carbocycles. The van der Waals surface area contributed by atoms with Gasteiger partial charge in [0, 0.05) is 43.6 Å². The van der Waals surface area contributed by atoms with E-state index >= 15 is 0 Å². The minimum absolute atomic E-state index is 0.0728. The molecule has 1 saturated heterocycles. The predicted molar refractivity (Wildman–Crippen MR) is 121 cm³/mol. The number of aromatic nitrogens is 2. The van der Waals surface area contributed by atoms with Crippen molar-refractivity contribution in [1.82, 2.24) is 19.9 Å². The van der Waals surface area contributed by atoms with Crippen molar-refractivity contribution >= 4 is 15.7 Å². The lowest BCUT2D eigenvalue weighted by Gasteiger charge is -2.34. The molecule has 3 aromatic rings. The molecule has 0 aliphatic carbocycles. The number of aryl methyl sites for hydroxylation is 1. The lowest BCUT2D eigenvalue weighted by Crippen LogP contribution is -2.48. The number of benzene rings is 2. The zero-order valence-corrected chi connectivity index (χ0v) is 19.0. The van der Waals surface area contributed by atoms with Crippen LogP contribution < -0.4 is 0 Å². The maximum atomic E-state index is 12.9. The van der Waals surface area contributed by atoms with Crippen molar-refractivity contribution in [3.05, 3.63) is 71.1 Å². The Hall–Kier alpha value is -3.04. The van der Waals surface area contributed by atoms with E-state index in [0.717, 1.165) is 5.56 Å². The summed E-state index contributed by atoms with van der Waals surface area (Å²) in [6, 6.07) is 14.8. The number of carbonyl (C=O) groups excluding carboxylic acids is 1. The van der Waals surface area contributed by atoms with Gasteiger partial charge in [-0.15, -0.1) is 0 Å². The summed E-state index contributed by atoms with van der Waals surface area (Å²) in [7, 11) is -3.15. The van der Waals surface area contributed by atoms with Gasteiger partial charge in [-0.05, 0) is 24.6 Å². The van der Waals surface area contributed by atoms with Crippen molar-refractivity contribution in [3.63, 3.8) is 0 Å². The number of hydrogen-bond donors (Lipinski definition) is 0. The lowest BCUT2D eigenvalue weighted by molar-refractivity contribution is 0.0615. The Morgan fingerprint density at radius 1 is 1.06 bits per heavy atom. The Labute approximate surface area is 187 Å². The number of nitrogens with zero attached hydrogens (tertiary/aromatic N) is 4. The highest BCUT2D eigenvalue weighted by molar-refractivity contribution is 7.89. The fourth-order valence-corrected chi connectivity index (χ4v) is 4.50. The predicted octanol–water partition coefficient (Wildman–Crippen LogP) is 2.55. The SMILES string of the molecule is Cc1ccc(-c2noc(CN3CCN(C(=O)c4cccc(CS(C)(=O)=O)c4)CC3)n2)cc1. The molecular weight excluding hydrogens is 428 g/mol. The fourth-order valence-electron chi connectivity index (χ4n) is 3.72. The third kappa shape index (κ3) is 5.60. The van der Waals surface area contributed by atoms with Gasteiger partial charge >= 0.3 is 0 Å². The molecule has 1 aromatic heterocycles. The van der Waals surface area contributed by atoms with E-state index in [1.807, 2.05) is 31.2 Å². The summed E-state index contributed by atoms with van der Waals surface area (Å²) in [5, 5.41) is 4.08. The van der Waals surface area contributed by atoms with E-state index in [2.05, 4.69) is 15.0 Å². The molecular formula is C23H26N4O4S. The first-order valence-electron chi connectivity index (χ1n) is 10.4. The quantitative estimate of drug-likeness (QED) is 0.565. The maximum absolute atomic E-state index is 12.9. The second kappa shape index (κ2) is 9.22. The second-order valence-electron chi connectivity index (χ2n) is 8.22. The Kier molecular flexibility index (Phi) is 6.38. The summed E-state index contributed by atoms with van der Waals surface area (Å²) >= 11 is 0.